The van der Waals surface area contributed by atoms with Crippen LogP contribution in [0.4, 0.5) is 0 Å². The zero-order valence-corrected chi connectivity index (χ0v) is 18.1. The van der Waals surface area contributed by atoms with Gasteiger partial charge in [0, 0.05) is 12.6 Å². The Bertz CT molecular complexity index is 426. The third-order valence-electron chi connectivity index (χ3n) is 5.72. The Hall–Kier alpha value is -0.130. The minimum Gasteiger partial charge on any atom is -0.268 e. The van der Waals surface area contributed by atoms with Crippen molar-refractivity contribution in [3.63, 3.8) is 0 Å². The Labute approximate surface area is 163 Å². The molecule has 5 heteroatoms. The number of hydrogen-bond acceptors (Lipinski definition) is 4. The van der Waals surface area contributed by atoms with E-state index in [0.29, 0.717) is 6.54 Å². The van der Waals surface area contributed by atoms with Crippen LogP contribution in [0.5, 0.6) is 0 Å². The van der Waals surface area contributed by atoms with Gasteiger partial charge in [-0.15, -0.1) is 0 Å². The summed E-state index contributed by atoms with van der Waals surface area (Å²) in [6.07, 6.45) is 21.3. The first-order chi connectivity index (χ1) is 12.5. The van der Waals surface area contributed by atoms with E-state index in [0.717, 1.165) is 12.8 Å². The molecule has 0 aromatic rings. The fourth-order valence-corrected chi connectivity index (χ4v) is 5.50. The molecule has 1 unspecified atom stereocenters. The topological polar surface area (TPSA) is 63.4 Å². The van der Waals surface area contributed by atoms with E-state index < -0.39 is 9.84 Å². The molecular formula is C21H44N2O2S. The van der Waals surface area contributed by atoms with Crippen LogP contribution < -0.4 is 5.84 Å². The number of unbranched alkanes of at least 4 members (excludes halogenated alkanes) is 14. The van der Waals surface area contributed by atoms with Gasteiger partial charge >= 0.3 is 0 Å². The highest BCUT2D eigenvalue weighted by Crippen LogP contribution is 2.17. The highest BCUT2D eigenvalue weighted by atomic mass is 32.2. The minimum atomic E-state index is -2.86. The molecule has 4 nitrogen and oxygen atoms in total. The fraction of sp³-hybridized carbons (Fsp3) is 1.00. The maximum absolute atomic E-state index is 11.7. The average molecular weight is 389 g/mol. The third kappa shape index (κ3) is 12.3. The molecule has 1 saturated heterocycles. The number of hydrazine groups is 1. The molecule has 1 aliphatic heterocycles. The zero-order chi connectivity index (χ0) is 19.1. The van der Waals surface area contributed by atoms with Gasteiger partial charge < -0.3 is 0 Å². The van der Waals surface area contributed by atoms with Crippen molar-refractivity contribution in [3.05, 3.63) is 0 Å². The predicted octanol–water partition coefficient (Wildman–Crippen LogP) is 5.22. The van der Waals surface area contributed by atoms with E-state index >= 15 is 0 Å². The van der Waals surface area contributed by atoms with Crippen LogP contribution in [0, 0.1) is 0 Å². The second kappa shape index (κ2) is 14.9. The standard InChI is InChI=1S/C21H44N2O2S/c1-2-3-4-5-6-7-8-9-10-11-12-13-14-15-16-17-21-20-26(24,25)19-18-23(21)22/h21H,2-20,22H2,1H3. The van der Waals surface area contributed by atoms with Crippen molar-refractivity contribution in [2.24, 2.45) is 5.84 Å². The summed E-state index contributed by atoms with van der Waals surface area (Å²) < 4.78 is 23.4. The molecule has 0 bridgehead atoms. The molecule has 0 spiro atoms. The Morgan fingerprint density at radius 1 is 0.769 bits per heavy atom. The van der Waals surface area contributed by atoms with Gasteiger partial charge in [-0.1, -0.05) is 103 Å². The largest absolute Gasteiger partial charge is 0.268 e. The summed E-state index contributed by atoms with van der Waals surface area (Å²) in [5.41, 5.74) is 0. The van der Waals surface area contributed by atoms with E-state index in [9.17, 15) is 8.42 Å². The van der Waals surface area contributed by atoms with Gasteiger partial charge in [0.25, 0.3) is 0 Å². The minimum absolute atomic E-state index is 0.0377. The molecule has 0 aromatic carbocycles. The van der Waals surface area contributed by atoms with Crippen LogP contribution in [-0.2, 0) is 9.84 Å². The lowest BCUT2D eigenvalue weighted by Gasteiger charge is -2.31. The number of hydrogen-bond donors (Lipinski definition) is 1. The zero-order valence-electron chi connectivity index (χ0n) is 17.3. The van der Waals surface area contributed by atoms with Crippen LogP contribution in [0.1, 0.15) is 110 Å². The molecule has 156 valence electrons. The van der Waals surface area contributed by atoms with Crippen LogP contribution in [0.15, 0.2) is 0 Å². The number of nitrogens with two attached hydrogens (primary N) is 1. The van der Waals surface area contributed by atoms with Gasteiger partial charge in [-0.05, 0) is 6.42 Å². The quantitative estimate of drug-likeness (QED) is 0.291. The van der Waals surface area contributed by atoms with Gasteiger partial charge in [0.05, 0.1) is 11.5 Å². The van der Waals surface area contributed by atoms with Crippen LogP contribution in [0.25, 0.3) is 0 Å². The summed E-state index contributed by atoms with van der Waals surface area (Å²) in [6.45, 7) is 2.77. The molecule has 1 atom stereocenters. The molecule has 1 aliphatic rings. The van der Waals surface area contributed by atoms with Gasteiger partial charge in [-0.2, -0.15) is 0 Å². The van der Waals surface area contributed by atoms with E-state index in [1.54, 1.807) is 5.01 Å². The number of nitrogens with zero attached hydrogens (tertiary/aromatic N) is 1. The van der Waals surface area contributed by atoms with Crippen molar-refractivity contribution in [2.45, 2.75) is 116 Å². The van der Waals surface area contributed by atoms with Crippen molar-refractivity contribution in [2.75, 3.05) is 18.1 Å². The van der Waals surface area contributed by atoms with E-state index in [2.05, 4.69) is 6.92 Å². The highest BCUT2D eigenvalue weighted by Gasteiger charge is 2.28. The van der Waals surface area contributed by atoms with Crippen LogP contribution in [0.3, 0.4) is 0 Å². The van der Waals surface area contributed by atoms with Gasteiger partial charge in [0.2, 0.25) is 0 Å². The van der Waals surface area contributed by atoms with Crippen molar-refractivity contribution in [1.82, 2.24) is 5.01 Å². The molecule has 1 fully saturated rings. The first kappa shape index (κ1) is 23.9. The molecular weight excluding hydrogens is 344 g/mol. The Morgan fingerprint density at radius 3 is 1.65 bits per heavy atom. The van der Waals surface area contributed by atoms with Gasteiger partial charge in [0.1, 0.15) is 0 Å². The summed E-state index contributed by atoms with van der Waals surface area (Å²) >= 11 is 0. The molecule has 2 N–H and O–H groups in total. The predicted molar refractivity (Wildman–Crippen MR) is 113 cm³/mol. The number of rotatable bonds is 16. The normalized spacial score (nSPS) is 20.5. The summed E-state index contributed by atoms with van der Waals surface area (Å²) in [6, 6.07) is 0.0377. The van der Waals surface area contributed by atoms with Crippen molar-refractivity contribution in [3.8, 4) is 0 Å². The fourth-order valence-electron chi connectivity index (χ4n) is 3.90. The maximum atomic E-state index is 11.7. The summed E-state index contributed by atoms with van der Waals surface area (Å²) in [7, 11) is -2.86. The highest BCUT2D eigenvalue weighted by molar-refractivity contribution is 7.91. The SMILES string of the molecule is CCCCCCCCCCCCCCCCCC1CS(=O)(=O)CCN1N. The lowest BCUT2D eigenvalue weighted by atomic mass is 10.0. The summed E-state index contributed by atoms with van der Waals surface area (Å²) in [4.78, 5) is 0. The van der Waals surface area contributed by atoms with Crippen LogP contribution >= 0.6 is 0 Å². The Balaban J connectivity index is 1.82. The second-order valence-corrected chi connectivity index (χ2v) is 10.5. The van der Waals surface area contributed by atoms with E-state index in [4.69, 9.17) is 5.84 Å². The lowest BCUT2D eigenvalue weighted by molar-refractivity contribution is 0.205. The monoisotopic (exact) mass is 388 g/mol. The second-order valence-electron chi connectivity index (χ2n) is 8.24. The molecule has 1 rings (SSSR count). The van der Waals surface area contributed by atoms with Crippen LogP contribution in [-0.4, -0.2) is 37.5 Å². The molecule has 1 heterocycles. The first-order valence-corrected chi connectivity index (χ1v) is 13.1. The smallest absolute Gasteiger partial charge is 0.153 e. The molecule has 0 saturated carbocycles. The average Bonchev–Trinajstić information content (AvgIpc) is 2.61. The van der Waals surface area contributed by atoms with Crippen molar-refractivity contribution in [1.29, 1.82) is 0 Å². The van der Waals surface area contributed by atoms with E-state index in [-0.39, 0.29) is 17.5 Å². The third-order valence-corrected chi connectivity index (χ3v) is 7.41. The van der Waals surface area contributed by atoms with Crippen molar-refractivity contribution < 1.29 is 8.42 Å². The lowest BCUT2D eigenvalue weighted by Crippen LogP contribution is -2.51. The maximum Gasteiger partial charge on any atom is 0.153 e. The first-order valence-electron chi connectivity index (χ1n) is 11.3. The van der Waals surface area contributed by atoms with Gasteiger partial charge in [-0.25, -0.2) is 13.4 Å². The Morgan fingerprint density at radius 2 is 1.19 bits per heavy atom. The van der Waals surface area contributed by atoms with Crippen molar-refractivity contribution >= 4 is 9.84 Å². The molecule has 26 heavy (non-hydrogen) atoms. The van der Waals surface area contributed by atoms with Gasteiger partial charge in [-0.3, -0.25) is 5.84 Å². The van der Waals surface area contributed by atoms with Gasteiger partial charge in [0.15, 0.2) is 9.84 Å². The molecule has 0 aromatic heterocycles. The Kier molecular flexibility index (Phi) is 13.7. The molecule has 0 aliphatic carbocycles. The summed E-state index contributed by atoms with van der Waals surface area (Å²) in [5.74, 6) is 6.40. The molecule has 0 amide bonds. The molecule has 0 radical (unpaired) electrons. The van der Waals surface area contributed by atoms with Crippen LogP contribution in [0.2, 0.25) is 0 Å². The number of sulfone groups is 1. The van der Waals surface area contributed by atoms with E-state index in [1.165, 1.54) is 89.9 Å². The van der Waals surface area contributed by atoms with E-state index in [1.807, 2.05) is 0 Å². The summed E-state index contributed by atoms with van der Waals surface area (Å²) in [5, 5.41) is 1.74.